The minimum atomic E-state index is -0.0557. The van der Waals surface area contributed by atoms with Crippen LogP contribution in [0, 0.1) is 26.7 Å². The summed E-state index contributed by atoms with van der Waals surface area (Å²) in [6, 6.07) is 41.8. The van der Waals surface area contributed by atoms with Crippen molar-refractivity contribution < 1.29 is 0 Å². The molecule has 2 atom stereocenters. The Morgan fingerprint density at radius 1 is 0.649 bits per heavy atom. The summed E-state index contributed by atoms with van der Waals surface area (Å²) >= 11 is 1.98. The topological polar surface area (TPSA) is 0 Å². The van der Waals surface area contributed by atoms with Crippen LogP contribution < -0.4 is 5.46 Å². The number of hydrogen-bond donors (Lipinski definition) is 0. The van der Waals surface area contributed by atoms with Crippen molar-refractivity contribution in [1.82, 2.24) is 0 Å². The highest BCUT2D eigenvalue weighted by atomic mass is 32.1. The van der Waals surface area contributed by atoms with E-state index in [2.05, 4.69) is 183 Å². The molecule has 0 aliphatic heterocycles. The van der Waals surface area contributed by atoms with Gasteiger partial charge in [0.25, 0.3) is 0 Å². The molecule has 0 spiro atoms. The molecule has 2 unspecified atom stereocenters. The van der Waals surface area contributed by atoms with E-state index in [-0.39, 0.29) is 5.41 Å². The molecule has 2 heteroatoms. The zero-order chi connectivity index (χ0) is 39.3. The van der Waals surface area contributed by atoms with Crippen LogP contribution in [0.2, 0.25) is 5.82 Å². The minimum Gasteiger partial charge on any atom is -0.135 e. The van der Waals surface area contributed by atoms with Crippen LogP contribution in [0.15, 0.2) is 138 Å². The van der Waals surface area contributed by atoms with Gasteiger partial charge >= 0.3 is 0 Å². The van der Waals surface area contributed by atoms with Crippen molar-refractivity contribution in [2.24, 2.45) is 5.92 Å². The van der Waals surface area contributed by atoms with Crippen LogP contribution in [0.5, 0.6) is 0 Å². The molecule has 0 saturated heterocycles. The quantitative estimate of drug-likeness (QED) is 0.154. The molecule has 0 bridgehead atoms. The highest BCUT2D eigenvalue weighted by molar-refractivity contribution is 7.20. The molecular formula is C55H51BS. The molecule has 3 aliphatic rings. The highest BCUT2D eigenvalue weighted by Crippen LogP contribution is 2.51. The molecule has 3 aliphatic carbocycles. The van der Waals surface area contributed by atoms with Gasteiger partial charge in [-0.25, -0.2) is 0 Å². The molecule has 10 rings (SSSR count). The van der Waals surface area contributed by atoms with Gasteiger partial charge in [0.15, 0.2) is 0 Å². The zero-order valence-electron chi connectivity index (χ0n) is 34.7. The molecule has 0 fully saturated rings. The van der Waals surface area contributed by atoms with Crippen LogP contribution in [0.3, 0.4) is 0 Å². The number of rotatable bonds is 5. The number of benzene rings is 6. The molecule has 1 heterocycles. The first-order valence-corrected chi connectivity index (χ1v) is 21.8. The van der Waals surface area contributed by atoms with E-state index in [0.717, 1.165) is 12.8 Å². The van der Waals surface area contributed by atoms with Crippen molar-refractivity contribution in [3.05, 3.63) is 176 Å². The second-order valence-corrected chi connectivity index (χ2v) is 19.1. The Hall–Kier alpha value is -5.18. The third-order valence-corrected chi connectivity index (χ3v) is 15.0. The van der Waals surface area contributed by atoms with Gasteiger partial charge in [-0.3, -0.25) is 0 Å². The summed E-state index contributed by atoms with van der Waals surface area (Å²) < 4.78 is 1.40. The van der Waals surface area contributed by atoms with Crippen molar-refractivity contribution in [3.63, 3.8) is 0 Å². The van der Waals surface area contributed by atoms with Gasteiger partial charge in [0.05, 0.1) is 0 Å². The predicted octanol–water partition coefficient (Wildman–Crippen LogP) is 14.8. The maximum Gasteiger partial charge on any atom is 0.212 e. The molecule has 0 saturated carbocycles. The van der Waals surface area contributed by atoms with Crippen molar-refractivity contribution >= 4 is 50.4 Å². The smallest absolute Gasteiger partial charge is 0.135 e. The largest absolute Gasteiger partial charge is 0.212 e. The summed E-state index contributed by atoms with van der Waals surface area (Å²) in [6.07, 6.45) is 9.70. The Morgan fingerprint density at radius 3 is 2.05 bits per heavy atom. The fourth-order valence-corrected chi connectivity index (χ4v) is 12.8. The molecule has 6 aromatic carbocycles. The van der Waals surface area contributed by atoms with E-state index in [4.69, 9.17) is 0 Å². The average molecular weight is 755 g/mol. The van der Waals surface area contributed by atoms with E-state index in [0.29, 0.717) is 18.4 Å². The SMILES string of the molecule is CC1=CC(C)=C(B(c2c(C)cc(C)cc2C)C2C=Cc3sc4c(-c5ccc(-c6ccc7c8c(cccc68)C(C)(C)c6ccccc6-7)cc5)cccc4c3C2)C(C)C1. The van der Waals surface area contributed by atoms with E-state index in [1.165, 1.54) is 109 Å². The van der Waals surface area contributed by atoms with Crippen LogP contribution in [0.1, 0.15) is 79.3 Å². The Morgan fingerprint density at radius 2 is 1.30 bits per heavy atom. The maximum absolute atomic E-state index is 2.56. The van der Waals surface area contributed by atoms with Crippen molar-refractivity contribution in [2.75, 3.05) is 0 Å². The van der Waals surface area contributed by atoms with Crippen LogP contribution >= 0.6 is 11.3 Å². The molecule has 0 radical (unpaired) electrons. The summed E-state index contributed by atoms with van der Waals surface area (Å²) in [5.74, 6) is 0.931. The van der Waals surface area contributed by atoms with E-state index in [1.54, 1.807) is 5.47 Å². The molecule has 0 amide bonds. The standard InChI is InChI=1S/C55H51BS/c1-32-27-34(3)52(35(4)28-32)56(53-36(5)29-33(2)30-37(53)6)40-23-26-50-47(31-40)46-16-11-14-42(54(46)57-50)39-21-19-38(20-22-39)41-24-25-45-43-13-9-10-17-48(43)55(7,8)49-18-12-15-44(41)51(45)49/h9-29,37,40H,30-31H2,1-8H3. The van der Waals surface area contributed by atoms with Gasteiger partial charge in [0, 0.05) is 15.0 Å². The Balaban J connectivity index is 1.03. The molecule has 0 N–H and O–H groups in total. The van der Waals surface area contributed by atoms with E-state index < -0.39 is 0 Å². The van der Waals surface area contributed by atoms with Gasteiger partial charge in [-0.2, -0.15) is 0 Å². The fraction of sp³-hybridized carbons (Fsp3) is 0.236. The van der Waals surface area contributed by atoms with Crippen LogP contribution in [-0.2, 0) is 11.8 Å². The number of fused-ring (bicyclic) bond motifs is 5. The second kappa shape index (κ2) is 13.5. The van der Waals surface area contributed by atoms with Gasteiger partial charge in [0.2, 0.25) is 6.71 Å². The van der Waals surface area contributed by atoms with Crippen molar-refractivity contribution in [3.8, 4) is 33.4 Å². The third-order valence-electron chi connectivity index (χ3n) is 13.8. The summed E-state index contributed by atoms with van der Waals surface area (Å²) in [4.78, 5) is 1.42. The maximum atomic E-state index is 2.56. The lowest BCUT2D eigenvalue weighted by Crippen LogP contribution is -2.44. The van der Waals surface area contributed by atoms with Gasteiger partial charge in [0.1, 0.15) is 0 Å². The van der Waals surface area contributed by atoms with Crippen LogP contribution in [-0.4, -0.2) is 6.71 Å². The van der Waals surface area contributed by atoms with Crippen molar-refractivity contribution in [1.29, 1.82) is 0 Å². The minimum absolute atomic E-state index is 0.0557. The van der Waals surface area contributed by atoms with E-state index in [9.17, 15) is 0 Å². The normalized spacial score (nSPS) is 18.1. The summed E-state index contributed by atoms with van der Waals surface area (Å²) in [7, 11) is 0. The summed E-state index contributed by atoms with van der Waals surface area (Å²) in [6.45, 7) is 19.2. The molecule has 57 heavy (non-hydrogen) atoms. The van der Waals surface area contributed by atoms with Gasteiger partial charge in [-0.05, 0) is 132 Å². The predicted molar refractivity (Wildman–Crippen MR) is 251 cm³/mol. The summed E-state index contributed by atoms with van der Waals surface area (Å²) in [5, 5.41) is 4.16. The Labute approximate surface area is 343 Å². The Bertz CT molecular complexity index is 2870. The number of hydrogen-bond acceptors (Lipinski definition) is 1. The summed E-state index contributed by atoms with van der Waals surface area (Å²) in [5.41, 5.74) is 22.5. The highest BCUT2D eigenvalue weighted by Gasteiger charge is 2.38. The lowest BCUT2D eigenvalue weighted by molar-refractivity contribution is 0.645. The monoisotopic (exact) mass is 754 g/mol. The van der Waals surface area contributed by atoms with E-state index >= 15 is 0 Å². The van der Waals surface area contributed by atoms with Crippen molar-refractivity contribution in [2.45, 2.75) is 79.5 Å². The number of aryl methyl sites for hydroxylation is 3. The third kappa shape index (κ3) is 5.70. The fourth-order valence-electron chi connectivity index (χ4n) is 11.5. The molecule has 7 aromatic rings. The Kier molecular flexibility index (Phi) is 8.54. The molecule has 280 valence electrons. The first kappa shape index (κ1) is 36.2. The first-order chi connectivity index (χ1) is 27.5. The zero-order valence-corrected chi connectivity index (χ0v) is 35.5. The molecule has 1 aromatic heterocycles. The lowest BCUT2D eigenvalue weighted by Gasteiger charge is -2.35. The van der Waals surface area contributed by atoms with E-state index in [1.807, 2.05) is 11.3 Å². The second-order valence-electron chi connectivity index (χ2n) is 18.0. The van der Waals surface area contributed by atoms with Crippen LogP contribution in [0.25, 0.3) is 60.3 Å². The number of allylic oxidation sites excluding steroid dienone is 5. The average Bonchev–Trinajstić information content (AvgIpc) is 3.57. The molecule has 0 nitrogen and oxygen atoms in total. The van der Waals surface area contributed by atoms with Gasteiger partial charge in [-0.15, -0.1) is 11.3 Å². The lowest BCUT2D eigenvalue weighted by atomic mass is 9.28. The number of thiophene rings is 1. The first-order valence-electron chi connectivity index (χ1n) is 20.9. The molecular weight excluding hydrogens is 703 g/mol. The van der Waals surface area contributed by atoms with Crippen LogP contribution in [0.4, 0.5) is 0 Å². The van der Waals surface area contributed by atoms with Gasteiger partial charge < -0.3 is 0 Å². The van der Waals surface area contributed by atoms with Gasteiger partial charge in [-0.1, -0.05) is 181 Å².